The normalized spacial score (nSPS) is 11.6. The van der Waals surface area contributed by atoms with Crippen molar-refractivity contribution in [2.45, 2.75) is 11.8 Å². The van der Waals surface area contributed by atoms with Crippen LogP contribution in [0.15, 0.2) is 40.2 Å². The molecule has 1 aromatic heterocycles. The smallest absolute Gasteiger partial charge is 0.309 e. The molecule has 5 nitrogen and oxygen atoms in total. The highest BCUT2D eigenvalue weighted by Gasteiger charge is 2.19. The molecule has 0 atom stereocenters. The summed E-state index contributed by atoms with van der Waals surface area (Å²) in [5.41, 5.74) is -0.312. The van der Waals surface area contributed by atoms with Crippen LogP contribution >= 0.6 is 0 Å². The van der Waals surface area contributed by atoms with Crippen molar-refractivity contribution < 1.29 is 12.8 Å². The van der Waals surface area contributed by atoms with Crippen molar-refractivity contribution in [1.29, 1.82) is 0 Å². The molecule has 0 saturated carbocycles. The van der Waals surface area contributed by atoms with Crippen molar-refractivity contribution in [2.24, 2.45) is 0 Å². The van der Waals surface area contributed by atoms with Gasteiger partial charge in [0.15, 0.2) is 0 Å². The summed E-state index contributed by atoms with van der Waals surface area (Å²) in [4.78, 5) is 13.6. The fourth-order valence-electron chi connectivity index (χ4n) is 1.39. The molecule has 0 radical (unpaired) electrons. The van der Waals surface area contributed by atoms with Crippen LogP contribution in [0.5, 0.6) is 0 Å². The Hall–Kier alpha value is -1.89. The van der Waals surface area contributed by atoms with Gasteiger partial charge in [-0.3, -0.25) is 0 Å². The first-order chi connectivity index (χ1) is 7.91. The summed E-state index contributed by atoms with van der Waals surface area (Å²) in [7, 11) is -3.96. The first-order valence-electron chi connectivity index (χ1n) is 4.70. The van der Waals surface area contributed by atoms with Crippen LogP contribution in [-0.4, -0.2) is 17.4 Å². The topological polar surface area (TPSA) is 71.9 Å². The van der Waals surface area contributed by atoms with Crippen molar-refractivity contribution in [3.63, 3.8) is 0 Å². The van der Waals surface area contributed by atoms with E-state index in [0.717, 1.165) is 24.3 Å². The molecule has 2 aromatic rings. The van der Waals surface area contributed by atoms with E-state index in [4.69, 9.17) is 0 Å². The number of benzene rings is 1. The van der Waals surface area contributed by atoms with E-state index in [1.165, 1.54) is 6.20 Å². The Bertz CT molecular complexity index is 698. The zero-order chi connectivity index (χ0) is 12.6. The van der Waals surface area contributed by atoms with Crippen LogP contribution in [0.25, 0.3) is 0 Å². The molecule has 90 valence electrons. The number of hydrogen-bond donors (Lipinski definition) is 1. The highest BCUT2D eigenvalue weighted by atomic mass is 32.2. The molecular formula is C10H9FN2O3S. The van der Waals surface area contributed by atoms with E-state index >= 15 is 0 Å². The third-order valence-electron chi connectivity index (χ3n) is 2.19. The van der Waals surface area contributed by atoms with Gasteiger partial charge < -0.3 is 4.98 Å². The maximum atomic E-state index is 12.7. The van der Waals surface area contributed by atoms with Crippen LogP contribution < -0.4 is 5.69 Å². The van der Waals surface area contributed by atoms with E-state index in [1.54, 1.807) is 6.92 Å². The molecule has 0 aliphatic heterocycles. The van der Waals surface area contributed by atoms with Gasteiger partial charge in [-0.25, -0.2) is 17.6 Å². The van der Waals surface area contributed by atoms with E-state index in [0.29, 0.717) is 9.67 Å². The number of nitrogens with zero attached hydrogens (tertiary/aromatic N) is 1. The van der Waals surface area contributed by atoms with Crippen molar-refractivity contribution in [3.05, 3.63) is 52.5 Å². The molecule has 0 spiro atoms. The minimum atomic E-state index is -3.96. The van der Waals surface area contributed by atoms with E-state index in [2.05, 4.69) is 4.98 Å². The summed E-state index contributed by atoms with van der Waals surface area (Å²) in [5, 5.41) is 0. The molecule has 1 aromatic carbocycles. The third-order valence-corrected chi connectivity index (χ3v) is 3.84. The Labute approximate surface area is 96.6 Å². The second kappa shape index (κ2) is 3.85. The Kier molecular flexibility index (Phi) is 2.62. The Balaban J connectivity index is 2.61. The molecule has 17 heavy (non-hydrogen) atoms. The summed E-state index contributed by atoms with van der Waals surface area (Å²) in [6.07, 6.45) is 1.18. The number of H-pyrrole nitrogens is 1. The summed E-state index contributed by atoms with van der Waals surface area (Å²) in [6, 6.07) is 4.27. The van der Waals surface area contributed by atoms with Crippen LogP contribution in [0.2, 0.25) is 0 Å². The van der Waals surface area contributed by atoms with Gasteiger partial charge in [-0.15, -0.1) is 0 Å². The second-order valence-corrected chi connectivity index (χ2v) is 5.31. The molecule has 0 unspecified atom stereocenters. The molecule has 0 aliphatic rings. The fourth-order valence-corrected chi connectivity index (χ4v) is 2.66. The van der Waals surface area contributed by atoms with Crippen LogP contribution in [0, 0.1) is 12.7 Å². The van der Waals surface area contributed by atoms with Gasteiger partial charge in [-0.1, -0.05) is 0 Å². The molecule has 0 amide bonds. The lowest BCUT2D eigenvalue weighted by Gasteiger charge is -2.03. The van der Waals surface area contributed by atoms with Gasteiger partial charge in [-0.05, 0) is 31.2 Å². The number of rotatable bonds is 2. The summed E-state index contributed by atoms with van der Waals surface area (Å²) < 4.78 is 37.3. The van der Waals surface area contributed by atoms with Crippen LogP contribution in [-0.2, 0) is 10.0 Å². The number of aryl methyl sites for hydroxylation is 1. The van der Waals surface area contributed by atoms with Gasteiger partial charge in [-0.2, -0.15) is 3.97 Å². The minimum absolute atomic E-state index is 0.139. The maximum absolute atomic E-state index is 12.7. The number of imidazole rings is 1. The Morgan fingerprint density at radius 3 is 2.29 bits per heavy atom. The van der Waals surface area contributed by atoms with Gasteiger partial charge >= 0.3 is 5.69 Å². The van der Waals surface area contributed by atoms with Crippen molar-refractivity contribution in [1.82, 2.24) is 8.96 Å². The molecule has 7 heteroatoms. The average molecular weight is 256 g/mol. The van der Waals surface area contributed by atoms with Crippen LogP contribution in [0.3, 0.4) is 0 Å². The molecule has 1 N–H and O–H groups in total. The zero-order valence-electron chi connectivity index (χ0n) is 8.84. The minimum Gasteiger partial charge on any atom is -0.309 e. The highest BCUT2D eigenvalue weighted by Crippen LogP contribution is 2.12. The molecule has 0 fully saturated rings. The van der Waals surface area contributed by atoms with Gasteiger partial charge in [0, 0.05) is 11.9 Å². The predicted octanol–water partition coefficient (Wildman–Crippen LogP) is 0.861. The summed E-state index contributed by atoms with van der Waals surface area (Å²) in [5.74, 6) is -0.540. The number of aromatic nitrogens is 2. The van der Waals surface area contributed by atoms with E-state index in [-0.39, 0.29) is 4.90 Å². The number of nitrogens with one attached hydrogen (secondary N) is 1. The maximum Gasteiger partial charge on any atom is 0.339 e. The molecular weight excluding hydrogens is 247 g/mol. The largest absolute Gasteiger partial charge is 0.339 e. The van der Waals surface area contributed by atoms with E-state index in [9.17, 15) is 17.6 Å². The number of halogens is 1. The van der Waals surface area contributed by atoms with Crippen LogP contribution in [0.1, 0.15) is 5.69 Å². The molecule has 1 heterocycles. The number of hydrogen-bond acceptors (Lipinski definition) is 3. The van der Waals surface area contributed by atoms with Crippen molar-refractivity contribution >= 4 is 10.0 Å². The fraction of sp³-hybridized carbons (Fsp3) is 0.100. The molecule has 0 aliphatic carbocycles. The SMILES string of the molecule is Cc1cn(S(=O)(=O)c2ccc(F)cc2)c(=O)[nH]1. The monoisotopic (exact) mass is 256 g/mol. The van der Waals surface area contributed by atoms with Crippen molar-refractivity contribution in [2.75, 3.05) is 0 Å². The lowest BCUT2D eigenvalue weighted by atomic mass is 10.4. The van der Waals surface area contributed by atoms with Crippen molar-refractivity contribution in [3.8, 4) is 0 Å². The molecule has 2 rings (SSSR count). The quantitative estimate of drug-likeness (QED) is 0.866. The van der Waals surface area contributed by atoms with Gasteiger partial charge in [0.2, 0.25) is 0 Å². The molecule has 0 saturated heterocycles. The van der Waals surface area contributed by atoms with Gasteiger partial charge in [0.25, 0.3) is 10.0 Å². The summed E-state index contributed by atoms with van der Waals surface area (Å²) in [6.45, 7) is 1.57. The average Bonchev–Trinajstić information content (AvgIpc) is 2.59. The number of aromatic amines is 1. The summed E-state index contributed by atoms with van der Waals surface area (Å²) >= 11 is 0. The Morgan fingerprint density at radius 2 is 1.82 bits per heavy atom. The predicted molar refractivity (Wildman–Crippen MR) is 58.8 cm³/mol. The lowest BCUT2D eigenvalue weighted by molar-refractivity contribution is 0.584. The molecule has 0 bridgehead atoms. The lowest BCUT2D eigenvalue weighted by Crippen LogP contribution is -2.24. The van der Waals surface area contributed by atoms with E-state index in [1.807, 2.05) is 0 Å². The second-order valence-electron chi connectivity index (χ2n) is 3.50. The standard InChI is InChI=1S/C10H9FN2O3S/c1-7-6-13(10(14)12-7)17(15,16)9-4-2-8(11)3-5-9/h2-6H,1H3,(H,12,14). The van der Waals surface area contributed by atoms with Gasteiger partial charge in [0.05, 0.1) is 4.90 Å². The first kappa shape index (κ1) is 11.6. The Morgan fingerprint density at radius 1 is 1.24 bits per heavy atom. The highest BCUT2D eigenvalue weighted by molar-refractivity contribution is 7.90. The van der Waals surface area contributed by atoms with Crippen LogP contribution in [0.4, 0.5) is 4.39 Å². The zero-order valence-corrected chi connectivity index (χ0v) is 9.66. The van der Waals surface area contributed by atoms with Gasteiger partial charge in [0.1, 0.15) is 5.82 Å². The van der Waals surface area contributed by atoms with E-state index < -0.39 is 21.5 Å². The third kappa shape index (κ3) is 2.01. The first-order valence-corrected chi connectivity index (χ1v) is 6.15.